The smallest absolute Gasteiger partial charge is 0.359 e. The standard InChI is InChI=1S/C17H17Cl2N3O3/c1-3-25-17(24)15-11-9-22(7-6-14(11)21(2)20-15)16(23)10-4-5-12(18)13(19)8-10/h4-5,8H,3,6-7,9H2,1-2H3. The van der Waals surface area contributed by atoms with E-state index in [4.69, 9.17) is 27.9 Å². The molecule has 3 rings (SSSR count). The Morgan fingerprint density at radius 3 is 2.72 bits per heavy atom. The van der Waals surface area contributed by atoms with Crippen molar-refractivity contribution in [2.75, 3.05) is 13.2 Å². The van der Waals surface area contributed by atoms with Gasteiger partial charge >= 0.3 is 5.97 Å². The Labute approximate surface area is 155 Å². The first-order valence-electron chi connectivity index (χ1n) is 7.88. The van der Waals surface area contributed by atoms with E-state index in [1.807, 2.05) is 0 Å². The van der Waals surface area contributed by atoms with Gasteiger partial charge in [0.2, 0.25) is 0 Å². The summed E-state index contributed by atoms with van der Waals surface area (Å²) < 4.78 is 6.75. The molecule has 0 spiro atoms. The molecule has 1 aromatic carbocycles. The molecule has 0 aliphatic carbocycles. The molecule has 0 saturated heterocycles. The van der Waals surface area contributed by atoms with Gasteiger partial charge in [-0.25, -0.2) is 4.79 Å². The number of carbonyl (C=O) groups is 2. The fourth-order valence-corrected chi connectivity index (χ4v) is 3.24. The van der Waals surface area contributed by atoms with Crippen LogP contribution in [-0.4, -0.2) is 39.7 Å². The monoisotopic (exact) mass is 381 g/mol. The van der Waals surface area contributed by atoms with Crippen LogP contribution in [0.5, 0.6) is 0 Å². The summed E-state index contributed by atoms with van der Waals surface area (Å²) in [4.78, 5) is 26.6. The molecule has 0 N–H and O–H groups in total. The topological polar surface area (TPSA) is 64.4 Å². The van der Waals surface area contributed by atoms with E-state index in [-0.39, 0.29) is 18.2 Å². The summed E-state index contributed by atoms with van der Waals surface area (Å²) in [5, 5.41) is 5.00. The van der Waals surface area contributed by atoms with Gasteiger partial charge in [-0.1, -0.05) is 23.2 Å². The molecular weight excluding hydrogens is 365 g/mol. The van der Waals surface area contributed by atoms with Crippen LogP contribution in [0.2, 0.25) is 10.0 Å². The van der Waals surface area contributed by atoms with E-state index in [2.05, 4.69) is 5.10 Å². The van der Waals surface area contributed by atoms with Gasteiger partial charge in [-0.15, -0.1) is 0 Å². The van der Waals surface area contributed by atoms with Crippen molar-refractivity contribution in [3.63, 3.8) is 0 Å². The maximum atomic E-state index is 12.8. The van der Waals surface area contributed by atoms with Crippen molar-refractivity contribution in [1.29, 1.82) is 0 Å². The zero-order chi connectivity index (χ0) is 18.1. The Kier molecular flexibility index (Phi) is 5.01. The van der Waals surface area contributed by atoms with E-state index in [1.54, 1.807) is 41.8 Å². The highest BCUT2D eigenvalue weighted by atomic mass is 35.5. The van der Waals surface area contributed by atoms with Crippen molar-refractivity contribution in [3.8, 4) is 0 Å². The number of halogens is 2. The highest BCUT2D eigenvalue weighted by Gasteiger charge is 2.30. The number of amides is 1. The van der Waals surface area contributed by atoms with E-state index in [9.17, 15) is 9.59 Å². The van der Waals surface area contributed by atoms with Crippen LogP contribution >= 0.6 is 23.2 Å². The molecule has 0 atom stereocenters. The van der Waals surface area contributed by atoms with Crippen molar-refractivity contribution >= 4 is 35.1 Å². The molecule has 2 heterocycles. The second kappa shape index (κ2) is 7.06. The second-order valence-corrected chi connectivity index (χ2v) is 6.54. The van der Waals surface area contributed by atoms with Crippen LogP contribution in [0.25, 0.3) is 0 Å². The zero-order valence-electron chi connectivity index (χ0n) is 13.9. The summed E-state index contributed by atoms with van der Waals surface area (Å²) >= 11 is 11.9. The molecule has 6 nitrogen and oxygen atoms in total. The number of aromatic nitrogens is 2. The zero-order valence-corrected chi connectivity index (χ0v) is 15.4. The van der Waals surface area contributed by atoms with Crippen LogP contribution in [0.3, 0.4) is 0 Å². The minimum Gasteiger partial charge on any atom is -0.461 e. The number of fused-ring (bicyclic) bond motifs is 1. The van der Waals surface area contributed by atoms with Crippen molar-refractivity contribution in [2.45, 2.75) is 19.9 Å². The maximum Gasteiger partial charge on any atom is 0.359 e. The van der Waals surface area contributed by atoms with Crippen molar-refractivity contribution in [2.24, 2.45) is 7.05 Å². The SMILES string of the molecule is CCOC(=O)c1nn(C)c2c1CN(C(=O)c1ccc(Cl)c(Cl)c1)CC2. The Hall–Kier alpha value is -2.05. The van der Waals surface area contributed by atoms with E-state index >= 15 is 0 Å². The highest BCUT2D eigenvalue weighted by molar-refractivity contribution is 6.42. The van der Waals surface area contributed by atoms with Gasteiger partial charge in [-0.05, 0) is 25.1 Å². The summed E-state index contributed by atoms with van der Waals surface area (Å²) in [6.45, 7) is 2.85. The third-order valence-corrected chi connectivity index (χ3v) is 4.90. The van der Waals surface area contributed by atoms with E-state index in [1.165, 1.54) is 0 Å². The van der Waals surface area contributed by atoms with Crippen LogP contribution in [0.15, 0.2) is 18.2 Å². The number of nitrogens with zero attached hydrogens (tertiary/aromatic N) is 3. The van der Waals surface area contributed by atoms with Crippen LogP contribution in [0.1, 0.15) is 39.0 Å². The first-order valence-corrected chi connectivity index (χ1v) is 8.64. The summed E-state index contributed by atoms with van der Waals surface area (Å²) in [5.74, 6) is -0.633. The van der Waals surface area contributed by atoms with Gasteiger partial charge in [0.25, 0.3) is 5.91 Å². The molecule has 1 amide bonds. The molecule has 0 fully saturated rings. The number of hydrogen-bond donors (Lipinski definition) is 0. The predicted molar refractivity (Wildman–Crippen MR) is 94.1 cm³/mol. The number of rotatable bonds is 3. The van der Waals surface area contributed by atoms with E-state index in [0.29, 0.717) is 35.1 Å². The minimum absolute atomic E-state index is 0.164. The summed E-state index contributed by atoms with van der Waals surface area (Å²) in [6.07, 6.45) is 0.616. The molecule has 132 valence electrons. The van der Waals surface area contributed by atoms with Crippen molar-refractivity contribution in [3.05, 3.63) is 50.8 Å². The Morgan fingerprint density at radius 1 is 1.28 bits per heavy atom. The lowest BCUT2D eigenvalue weighted by molar-refractivity contribution is 0.0513. The lowest BCUT2D eigenvalue weighted by atomic mass is 10.0. The molecule has 0 radical (unpaired) electrons. The summed E-state index contributed by atoms with van der Waals surface area (Å²) in [6, 6.07) is 4.79. The molecule has 25 heavy (non-hydrogen) atoms. The predicted octanol–water partition coefficient (Wildman–Crippen LogP) is 3.10. The fraction of sp³-hybridized carbons (Fsp3) is 0.353. The molecule has 0 bridgehead atoms. The summed E-state index contributed by atoms with van der Waals surface area (Å²) in [7, 11) is 1.79. The lowest BCUT2D eigenvalue weighted by Gasteiger charge is -2.27. The van der Waals surface area contributed by atoms with Gasteiger partial charge in [-0.2, -0.15) is 5.10 Å². The first-order chi connectivity index (χ1) is 11.9. The number of esters is 1. The molecule has 1 aliphatic rings. The molecular formula is C17H17Cl2N3O3. The van der Waals surface area contributed by atoms with E-state index < -0.39 is 5.97 Å². The molecule has 0 unspecified atom stereocenters. The van der Waals surface area contributed by atoms with Crippen LogP contribution in [-0.2, 0) is 24.8 Å². The third kappa shape index (κ3) is 3.37. The Morgan fingerprint density at radius 2 is 2.04 bits per heavy atom. The number of hydrogen-bond acceptors (Lipinski definition) is 4. The Bertz CT molecular complexity index is 848. The maximum absolute atomic E-state index is 12.8. The van der Waals surface area contributed by atoms with Gasteiger partial charge in [0.1, 0.15) is 0 Å². The average molecular weight is 382 g/mol. The lowest BCUT2D eigenvalue weighted by Crippen LogP contribution is -2.36. The first kappa shape index (κ1) is 17.8. The highest BCUT2D eigenvalue weighted by Crippen LogP contribution is 2.26. The van der Waals surface area contributed by atoms with Gasteiger partial charge in [-0.3, -0.25) is 9.48 Å². The molecule has 1 aromatic heterocycles. The minimum atomic E-state index is -0.469. The molecule has 0 saturated carbocycles. The number of aryl methyl sites for hydroxylation is 1. The number of carbonyl (C=O) groups excluding carboxylic acids is 2. The van der Waals surface area contributed by atoms with Crippen LogP contribution in [0.4, 0.5) is 0 Å². The van der Waals surface area contributed by atoms with Gasteiger partial charge in [0, 0.05) is 36.8 Å². The third-order valence-electron chi connectivity index (χ3n) is 4.16. The van der Waals surface area contributed by atoms with Gasteiger partial charge < -0.3 is 9.64 Å². The molecule has 2 aromatic rings. The second-order valence-electron chi connectivity index (χ2n) is 5.72. The Balaban J connectivity index is 1.88. The normalized spacial score (nSPS) is 13.5. The van der Waals surface area contributed by atoms with Crippen LogP contribution in [0, 0.1) is 0 Å². The van der Waals surface area contributed by atoms with Crippen molar-refractivity contribution in [1.82, 2.24) is 14.7 Å². The fourth-order valence-electron chi connectivity index (χ4n) is 2.94. The largest absolute Gasteiger partial charge is 0.461 e. The molecule has 8 heteroatoms. The summed E-state index contributed by atoms with van der Waals surface area (Å²) in [5.41, 5.74) is 2.41. The number of benzene rings is 1. The van der Waals surface area contributed by atoms with E-state index in [0.717, 1.165) is 11.3 Å². The van der Waals surface area contributed by atoms with Gasteiger partial charge in [0.05, 0.1) is 23.2 Å². The quantitative estimate of drug-likeness (QED) is 0.766. The van der Waals surface area contributed by atoms with Crippen molar-refractivity contribution < 1.29 is 14.3 Å². The van der Waals surface area contributed by atoms with Gasteiger partial charge in [0.15, 0.2) is 5.69 Å². The number of ether oxygens (including phenoxy) is 1. The average Bonchev–Trinajstić information content (AvgIpc) is 2.93. The molecule has 1 aliphatic heterocycles. The van der Waals surface area contributed by atoms with Crippen LogP contribution < -0.4 is 0 Å².